The predicted molar refractivity (Wildman–Crippen MR) is 114 cm³/mol. The summed E-state index contributed by atoms with van der Waals surface area (Å²) >= 11 is 0. The Morgan fingerprint density at radius 3 is 3.00 bits per heavy atom. The van der Waals surface area contributed by atoms with E-state index in [0.717, 1.165) is 49.1 Å². The second-order valence-corrected chi connectivity index (χ2v) is 7.79. The average Bonchev–Trinajstić information content (AvgIpc) is 3.17. The molecule has 3 aromatic rings. The molecule has 1 unspecified atom stereocenters. The largest absolute Gasteiger partial charge is 0.361 e. The lowest BCUT2D eigenvalue weighted by molar-refractivity contribution is -0.118. The lowest BCUT2D eigenvalue weighted by Crippen LogP contribution is -2.50. The average molecular weight is 388 g/mol. The number of amides is 2. The fourth-order valence-electron chi connectivity index (χ4n) is 4.49. The number of nitrogens with one attached hydrogen (secondary N) is 3. The van der Waals surface area contributed by atoms with Crippen LogP contribution in [-0.4, -0.2) is 35.9 Å². The van der Waals surface area contributed by atoms with Gasteiger partial charge in [0, 0.05) is 35.8 Å². The maximum Gasteiger partial charge on any atom is 0.251 e. The minimum Gasteiger partial charge on any atom is -0.361 e. The number of benzene rings is 2. The lowest BCUT2D eigenvalue weighted by atomic mass is 9.97. The molecule has 148 valence electrons. The summed E-state index contributed by atoms with van der Waals surface area (Å²) in [5, 5.41) is 7.17. The molecule has 1 fully saturated rings. The molecule has 1 aromatic heterocycles. The molecule has 0 saturated carbocycles. The van der Waals surface area contributed by atoms with E-state index >= 15 is 0 Å². The topological polar surface area (TPSA) is 77.2 Å². The van der Waals surface area contributed by atoms with Gasteiger partial charge >= 0.3 is 0 Å². The van der Waals surface area contributed by atoms with Gasteiger partial charge in [0.15, 0.2) is 0 Å². The van der Waals surface area contributed by atoms with E-state index in [1.165, 1.54) is 10.9 Å². The highest BCUT2D eigenvalue weighted by Gasteiger charge is 2.34. The first-order valence-corrected chi connectivity index (χ1v) is 10.3. The summed E-state index contributed by atoms with van der Waals surface area (Å²) in [6.45, 7) is 1.44. The summed E-state index contributed by atoms with van der Waals surface area (Å²) in [4.78, 5) is 30.5. The second kappa shape index (κ2) is 7.28. The van der Waals surface area contributed by atoms with Crippen LogP contribution in [0.25, 0.3) is 10.9 Å². The summed E-state index contributed by atoms with van der Waals surface area (Å²) in [5.74, 6) is -0.0863. The molecule has 6 heteroatoms. The third-order valence-corrected chi connectivity index (χ3v) is 5.99. The third kappa shape index (κ3) is 3.24. The summed E-state index contributed by atoms with van der Waals surface area (Å²) < 4.78 is 0. The van der Waals surface area contributed by atoms with Gasteiger partial charge < -0.3 is 20.5 Å². The molecule has 3 N–H and O–H groups in total. The Bertz CT molecular complexity index is 1090. The summed E-state index contributed by atoms with van der Waals surface area (Å²) in [7, 11) is 0. The molecule has 2 aromatic carbocycles. The number of piperidine rings is 1. The van der Waals surface area contributed by atoms with Crippen molar-refractivity contribution in [2.75, 3.05) is 23.3 Å². The number of hydrogen-bond donors (Lipinski definition) is 3. The van der Waals surface area contributed by atoms with Crippen molar-refractivity contribution in [3.8, 4) is 0 Å². The first kappa shape index (κ1) is 17.8. The Labute approximate surface area is 169 Å². The molecule has 0 radical (unpaired) electrons. The van der Waals surface area contributed by atoms with Crippen LogP contribution in [0.3, 0.4) is 0 Å². The smallest absolute Gasteiger partial charge is 0.251 e. The number of hydrogen-bond acceptors (Lipinski definition) is 3. The Kier molecular flexibility index (Phi) is 4.46. The number of nitrogens with zero attached hydrogens (tertiary/aromatic N) is 1. The number of H-pyrrole nitrogens is 1. The zero-order valence-corrected chi connectivity index (χ0v) is 16.2. The molecular formula is C23H24N4O2. The van der Waals surface area contributed by atoms with Crippen molar-refractivity contribution in [2.24, 2.45) is 0 Å². The fourth-order valence-corrected chi connectivity index (χ4v) is 4.49. The standard InChI is InChI=1S/C23H24N4O2/c28-22(24-11-10-16-14-25-18-6-2-1-5-17(16)18)15-8-9-20-19(13-15)26-23(29)21-7-3-4-12-27(20)21/h1-2,5-6,8-9,13-14,21,25H,3-4,7,10-12H2,(H,24,28)(H,26,29). The van der Waals surface area contributed by atoms with Crippen LogP contribution in [0.15, 0.2) is 48.7 Å². The maximum atomic E-state index is 12.6. The molecule has 3 heterocycles. The zero-order chi connectivity index (χ0) is 19.8. The van der Waals surface area contributed by atoms with Gasteiger partial charge in [0.2, 0.25) is 5.91 Å². The van der Waals surface area contributed by atoms with Crippen LogP contribution in [0.5, 0.6) is 0 Å². The normalized spacial score (nSPS) is 18.1. The summed E-state index contributed by atoms with van der Waals surface area (Å²) in [6, 6.07) is 13.7. The van der Waals surface area contributed by atoms with E-state index in [1.54, 1.807) is 6.07 Å². The zero-order valence-electron chi connectivity index (χ0n) is 16.2. The Morgan fingerprint density at radius 1 is 1.17 bits per heavy atom. The van der Waals surface area contributed by atoms with Crippen molar-refractivity contribution >= 4 is 34.1 Å². The van der Waals surface area contributed by atoms with Gasteiger partial charge in [-0.3, -0.25) is 9.59 Å². The van der Waals surface area contributed by atoms with Crippen LogP contribution in [-0.2, 0) is 11.2 Å². The van der Waals surface area contributed by atoms with Gasteiger partial charge in [0.25, 0.3) is 5.91 Å². The van der Waals surface area contributed by atoms with E-state index in [9.17, 15) is 9.59 Å². The minimum absolute atomic E-state index is 0.0362. The number of carbonyl (C=O) groups excluding carboxylic acids is 2. The van der Waals surface area contributed by atoms with Crippen LogP contribution < -0.4 is 15.5 Å². The van der Waals surface area contributed by atoms with Crippen molar-refractivity contribution in [2.45, 2.75) is 31.7 Å². The van der Waals surface area contributed by atoms with Crippen molar-refractivity contribution in [3.05, 3.63) is 59.8 Å². The minimum atomic E-state index is -0.123. The highest BCUT2D eigenvalue weighted by atomic mass is 16.2. The van der Waals surface area contributed by atoms with E-state index in [1.807, 2.05) is 36.5 Å². The molecule has 29 heavy (non-hydrogen) atoms. The van der Waals surface area contributed by atoms with E-state index in [2.05, 4.69) is 26.6 Å². The number of rotatable bonds is 4. The summed E-state index contributed by atoms with van der Waals surface area (Å²) in [6.07, 6.45) is 5.83. The van der Waals surface area contributed by atoms with Crippen LogP contribution in [0.4, 0.5) is 11.4 Å². The molecule has 1 atom stereocenters. The van der Waals surface area contributed by atoms with Crippen LogP contribution in [0, 0.1) is 0 Å². The maximum absolute atomic E-state index is 12.6. The number of aromatic amines is 1. The number of anilines is 2. The van der Waals surface area contributed by atoms with Crippen molar-refractivity contribution < 1.29 is 9.59 Å². The molecule has 0 aliphatic carbocycles. The molecule has 5 rings (SSSR count). The van der Waals surface area contributed by atoms with E-state index < -0.39 is 0 Å². The van der Waals surface area contributed by atoms with E-state index in [-0.39, 0.29) is 17.9 Å². The van der Waals surface area contributed by atoms with Crippen LogP contribution >= 0.6 is 0 Å². The first-order chi connectivity index (χ1) is 14.2. The highest BCUT2D eigenvalue weighted by molar-refractivity contribution is 6.05. The molecule has 6 nitrogen and oxygen atoms in total. The van der Waals surface area contributed by atoms with E-state index in [0.29, 0.717) is 12.1 Å². The molecule has 2 aliphatic heterocycles. The number of fused-ring (bicyclic) bond motifs is 4. The SMILES string of the molecule is O=C(NCCc1c[nH]c2ccccc12)c1ccc2c(c1)NC(=O)C1CCCCN21. The molecular weight excluding hydrogens is 364 g/mol. The number of carbonyl (C=O) groups is 2. The van der Waals surface area contributed by atoms with Gasteiger partial charge in [-0.05, 0) is 55.5 Å². The van der Waals surface area contributed by atoms with E-state index in [4.69, 9.17) is 0 Å². The van der Waals surface area contributed by atoms with Gasteiger partial charge in [-0.2, -0.15) is 0 Å². The lowest BCUT2D eigenvalue weighted by Gasteiger charge is -2.41. The summed E-state index contributed by atoms with van der Waals surface area (Å²) in [5.41, 5.74) is 4.62. The molecule has 0 spiro atoms. The monoisotopic (exact) mass is 388 g/mol. The van der Waals surface area contributed by atoms with Crippen molar-refractivity contribution in [1.82, 2.24) is 10.3 Å². The third-order valence-electron chi connectivity index (χ3n) is 5.99. The molecule has 2 aliphatic rings. The second-order valence-electron chi connectivity index (χ2n) is 7.79. The number of aromatic nitrogens is 1. The highest BCUT2D eigenvalue weighted by Crippen LogP contribution is 2.36. The van der Waals surface area contributed by atoms with Gasteiger partial charge in [-0.1, -0.05) is 18.2 Å². The Balaban J connectivity index is 1.27. The van der Waals surface area contributed by atoms with Gasteiger partial charge in [-0.15, -0.1) is 0 Å². The molecule has 1 saturated heterocycles. The Morgan fingerprint density at radius 2 is 2.07 bits per heavy atom. The van der Waals surface area contributed by atoms with Gasteiger partial charge in [-0.25, -0.2) is 0 Å². The quantitative estimate of drug-likeness (QED) is 0.641. The first-order valence-electron chi connectivity index (χ1n) is 10.3. The molecule has 0 bridgehead atoms. The fraction of sp³-hybridized carbons (Fsp3) is 0.304. The predicted octanol–water partition coefficient (Wildman–Crippen LogP) is 3.45. The van der Waals surface area contributed by atoms with Crippen molar-refractivity contribution in [3.63, 3.8) is 0 Å². The van der Waals surface area contributed by atoms with Gasteiger partial charge in [0.1, 0.15) is 6.04 Å². The molecule has 2 amide bonds. The number of para-hydroxylation sites is 1. The van der Waals surface area contributed by atoms with Crippen LogP contribution in [0.2, 0.25) is 0 Å². The Hall–Kier alpha value is -3.28. The van der Waals surface area contributed by atoms with Crippen molar-refractivity contribution in [1.29, 1.82) is 0 Å². The van der Waals surface area contributed by atoms with Crippen LogP contribution in [0.1, 0.15) is 35.2 Å². The van der Waals surface area contributed by atoms with Gasteiger partial charge in [0.05, 0.1) is 11.4 Å².